The number of hydrogen-bond acceptors (Lipinski definition) is 6. The van der Waals surface area contributed by atoms with Gasteiger partial charge in [-0.2, -0.15) is 0 Å². The molecule has 3 rings (SSSR count). The lowest BCUT2D eigenvalue weighted by atomic mass is 9.97. The van der Waals surface area contributed by atoms with Crippen molar-refractivity contribution < 1.29 is 0 Å². The fraction of sp³-hybridized carbons (Fsp3) is 0.467. The van der Waals surface area contributed by atoms with Crippen LogP contribution in [-0.4, -0.2) is 45.0 Å². The van der Waals surface area contributed by atoms with Gasteiger partial charge in [0.2, 0.25) is 5.95 Å². The van der Waals surface area contributed by atoms with Gasteiger partial charge in [-0.05, 0) is 39.4 Å². The van der Waals surface area contributed by atoms with Crippen LogP contribution in [0.4, 0.5) is 11.8 Å². The Morgan fingerprint density at radius 3 is 2.81 bits per heavy atom. The third kappa shape index (κ3) is 3.52. The number of piperidine rings is 1. The Bertz CT molecular complexity index is 600. The summed E-state index contributed by atoms with van der Waals surface area (Å²) < 4.78 is 0. The van der Waals surface area contributed by atoms with Crippen LogP contribution < -0.4 is 5.32 Å². The predicted molar refractivity (Wildman–Crippen MR) is 81.6 cm³/mol. The zero-order valence-electron chi connectivity index (χ0n) is 12.5. The maximum atomic E-state index is 4.66. The molecule has 0 amide bonds. The van der Waals surface area contributed by atoms with Crippen molar-refractivity contribution in [3.8, 4) is 0 Å². The van der Waals surface area contributed by atoms with Crippen LogP contribution in [0.15, 0.2) is 24.5 Å². The first-order chi connectivity index (χ1) is 10.2. The van der Waals surface area contributed by atoms with Crippen molar-refractivity contribution in [1.82, 2.24) is 24.8 Å². The van der Waals surface area contributed by atoms with Gasteiger partial charge in [-0.1, -0.05) is 0 Å². The maximum Gasteiger partial charge on any atom is 0.228 e. The van der Waals surface area contributed by atoms with Crippen molar-refractivity contribution >= 4 is 11.8 Å². The molecule has 0 saturated carbocycles. The Morgan fingerprint density at radius 2 is 2.05 bits per heavy atom. The number of hydrogen-bond donors (Lipinski definition) is 1. The molecule has 0 spiro atoms. The fourth-order valence-electron chi connectivity index (χ4n) is 2.69. The average molecular weight is 284 g/mol. The second-order valence-corrected chi connectivity index (χ2v) is 5.55. The summed E-state index contributed by atoms with van der Waals surface area (Å²) in [6, 6.07) is 3.71. The average Bonchev–Trinajstić information content (AvgIpc) is 2.48. The topological polar surface area (TPSA) is 66.8 Å². The summed E-state index contributed by atoms with van der Waals surface area (Å²) in [5.74, 6) is 2.64. The molecule has 1 saturated heterocycles. The number of rotatable bonds is 3. The van der Waals surface area contributed by atoms with E-state index >= 15 is 0 Å². The Kier molecular flexibility index (Phi) is 4.06. The van der Waals surface area contributed by atoms with Gasteiger partial charge in [-0.25, -0.2) is 19.9 Å². The molecule has 0 unspecified atom stereocenters. The fourth-order valence-corrected chi connectivity index (χ4v) is 2.69. The zero-order chi connectivity index (χ0) is 14.7. The lowest BCUT2D eigenvalue weighted by molar-refractivity contribution is 0.246. The minimum atomic E-state index is 0.404. The number of aryl methyl sites for hydroxylation is 1. The molecule has 6 nitrogen and oxygen atoms in total. The van der Waals surface area contributed by atoms with Gasteiger partial charge in [0.25, 0.3) is 0 Å². The quantitative estimate of drug-likeness (QED) is 0.931. The van der Waals surface area contributed by atoms with Gasteiger partial charge < -0.3 is 10.2 Å². The first-order valence-corrected chi connectivity index (χ1v) is 7.29. The summed E-state index contributed by atoms with van der Waals surface area (Å²) in [5, 5.41) is 3.15. The highest BCUT2D eigenvalue weighted by atomic mass is 15.2. The molecular weight excluding hydrogens is 264 g/mol. The SMILES string of the molecule is Cc1cc(Nc2ncccn2)nc([C@H]2CCCN(C)C2)n1. The highest BCUT2D eigenvalue weighted by Crippen LogP contribution is 2.25. The van der Waals surface area contributed by atoms with Crippen LogP contribution in [0.2, 0.25) is 0 Å². The van der Waals surface area contributed by atoms with Crippen molar-refractivity contribution in [1.29, 1.82) is 0 Å². The molecule has 2 aromatic rings. The molecule has 1 fully saturated rings. The van der Waals surface area contributed by atoms with Crippen LogP contribution in [0.3, 0.4) is 0 Å². The lowest BCUT2D eigenvalue weighted by Gasteiger charge is -2.28. The summed E-state index contributed by atoms with van der Waals surface area (Å²) >= 11 is 0. The Hall–Kier alpha value is -2.08. The minimum absolute atomic E-state index is 0.404. The summed E-state index contributed by atoms with van der Waals surface area (Å²) in [4.78, 5) is 19.9. The molecule has 6 heteroatoms. The molecule has 2 aromatic heterocycles. The number of nitrogens with one attached hydrogen (secondary N) is 1. The third-order valence-electron chi connectivity index (χ3n) is 3.67. The molecule has 1 N–H and O–H groups in total. The maximum absolute atomic E-state index is 4.66. The number of nitrogens with zero attached hydrogens (tertiary/aromatic N) is 5. The summed E-state index contributed by atoms with van der Waals surface area (Å²) in [7, 11) is 2.15. The first kappa shape index (κ1) is 13.9. The third-order valence-corrected chi connectivity index (χ3v) is 3.67. The first-order valence-electron chi connectivity index (χ1n) is 7.29. The largest absolute Gasteiger partial charge is 0.309 e. The van der Waals surface area contributed by atoms with Gasteiger partial charge in [0, 0.05) is 36.6 Å². The van der Waals surface area contributed by atoms with Crippen LogP contribution in [0.25, 0.3) is 0 Å². The molecule has 1 aliphatic heterocycles. The van der Waals surface area contributed by atoms with E-state index in [0.717, 1.165) is 36.8 Å². The van der Waals surface area contributed by atoms with Crippen LogP contribution >= 0.6 is 0 Å². The molecule has 110 valence electrons. The summed E-state index contributed by atoms with van der Waals surface area (Å²) in [6.45, 7) is 4.17. The van der Waals surface area contributed by atoms with E-state index in [4.69, 9.17) is 0 Å². The predicted octanol–water partition coefficient (Wildman–Crippen LogP) is 2.13. The standard InChI is InChI=1S/C15H20N6/c1-11-9-13(20-15-16-6-4-7-17-15)19-14(18-11)12-5-3-8-21(2)10-12/h4,6-7,9,12H,3,5,8,10H2,1-2H3,(H,16,17,18,19,20)/t12-/m0/s1. The van der Waals surface area contributed by atoms with Gasteiger partial charge in [-0.3, -0.25) is 0 Å². The van der Waals surface area contributed by atoms with Crippen LogP contribution in [0.5, 0.6) is 0 Å². The van der Waals surface area contributed by atoms with Gasteiger partial charge in [0.15, 0.2) is 0 Å². The van der Waals surface area contributed by atoms with Crippen molar-refractivity contribution in [3.63, 3.8) is 0 Å². The van der Waals surface area contributed by atoms with E-state index in [9.17, 15) is 0 Å². The van der Waals surface area contributed by atoms with E-state index < -0.39 is 0 Å². The van der Waals surface area contributed by atoms with E-state index in [1.165, 1.54) is 6.42 Å². The number of anilines is 2. The van der Waals surface area contributed by atoms with Crippen molar-refractivity contribution in [2.45, 2.75) is 25.7 Å². The second-order valence-electron chi connectivity index (χ2n) is 5.55. The number of aromatic nitrogens is 4. The van der Waals surface area contributed by atoms with Crippen molar-refractivity contribution in [2.75, 3.05) is 25.5 Å². The Labute approximate surface area is 124 Å². The zero-order valence-corrected chi connectivity index (χ0v) is 12.5. The normalized spacial score (nSPS) is 19.4. The highest BCUT2D eigenvalue weighted by Gasteiger charge is 2.22. The molecule has 1 atom stereocenters. The van der Waals surface area contributed by atoms with E-state index in [1.807, 2.05) is 13.0 Å². The van der Waals surface area contributed by atoms with Gasteiger partial charge in [0.05, 0.1) is 0 Å². The van der Waals surface area contributed by atoms with Crippen LogP contribution in [0, 0.1) is 6.92 Å². The summed E-state index contributed by atoms with van der Waals surface area (Å²) in [6.07, 6.45) is 5.76. The van der Waals surface area contributed by atoms with Crippen LogP contribution in [0.1, 0.15) is 30.3 Å². The molecule has 21 heavy (non-hydrogen) atoms. The molecule has 0 aromatic carbocycles. The molecular formula is C15H20N6. The Balaban J connectivity index is 1.82. The lowest BCUT2D eigenvalue weighted by Crippen LogP contribution is -2.31. The van der Waals surface area contributed by atoms with E-state index in [0.29, 0.717) is 11.9 Å². The van der Waals surface area contributed by atoms with E-state index in [2.05, 4.69) is 37.2 Å². The van der Waals surface area contributed by atoms with Gasteiger partial charge in [0.1, 0.15) is 11.6 Å². The number of likely N-dealkylation sites (tertiary alicyclic amines) is 1. The minimum Gasteiger partial charge on any atom is -0.309 e. The van der Waals surface area contributed by atoms with Crippen molar-refractivity contribution in [3.05, 3.63) is 36.0 Å². The molecule has 0 radical (unpaired) electrons. The highest BCUT2D eigenvalue weighted by molar-refractivity contribution is 5.47. The van der Waals surface area contributed by atoms with Gasteiger partial charge in [-0.15, -0.1) is 0 Å². The molecule has 0 aliphatic carbocycles. The van der Waals surface area contributed by atoms with E-state index in [1.54, 1.807) is 18.5 Å². The second kappa shape index (κ2) is 6.13. The Morgan fingerprint density at radius 1 is 1.24 bits per heavy atom. The monoisotopic (exact) mass is 284 g/mol. The smallest absolute Gasteiger partial charge is 0.228 e. The summed E-state index contributed by atoms with van der Waals surface area (Å²) in [5.41, 5.74) is 0.964. The van der Waals surface area contributed by atoms with Gasteiger partial charge >= 0.3 is 0 Å². The van der Waals surface area contributed by atoms with Crippen LogP contribution in [-0.2, 0) is 0 Å². The molecule has 1 aliphatic rings. The van der Waals surface area contributed by atoms with E-state index in [-0.39, 0.29) is 0 Å². The molecule has 3 heterocycles. The molecule has 0 bridgehead atoms. The van der Waals surface area contributed by atoms with Crippen molar-refractivity contribution in [2.24, 2.45) is 0 Å². The number of likely N-dealkylation sites (N-methyl/N-ethyl adjacent to an activating group) is 1.